The summed E-state index contributed by atoms with van der Waals surface area (Å²) in [5.74, 6) is 0.0908. The summed E-state index contributed by atoms with van der Waals surface area (Å²) in [6, 6.07) is 0. The Kier molecular flexibility index (Phi) is 6.13. The van der Waals surface area contributed by atoms with Gasteiger partial charge in [-0.1, -0.05) is 25.4 Å². The lowest BCUT2D eigenvalue weighted by Gasteiger charge is -2.21. The van der Waals surface area contributed by atoms with E-state index in [-0.39, 0.29) is 5.75 Å². The number of hydrogen-bond donors (Lipinski definition) is 1. The molecule has 2 rings (SSSR count). The van der Waals surface area contributed by atoms with E-state index in [1.807, 2.05) is 13.8 Å². The molecule has 0 amide bonds. The number of nitrogens with one attached hydrogen (secondary N) is 1. The molecular weight excluding hydrogens is 342 g/mol. The van der Waals surface area contributed by atoms with Gasteiger partial charge in [-0.25, -0.2) is 8.42 Å². The topological polar surface area (TPSA) is 52.7 Å². The van der Waals surface area contributed by atoms with Gasteiger partial charge < -0.3 is 9.80 Å². The second-order valence-electron chi connectivity index (χ2n) is 5.58. The highest BCUT2D eigenvalue weighted by Crippen LogP contribution is 2.40. The van der Waals surface area contributed by atoms with Crippen LogP contribution in [0.2, 0.25) is 5.02 Å². The molecule has 0 saturated heterocycles. The Labute approximate surface area is 142 Å². The van der Waals surface area contributed by atoms with Crippen LogP contribution in [0.25, 0.3) is 0 Å². The van der Waals surface area contributed by atoms with Crippen molar-refractivity contribution in [1.82, 2.24) is 9.80 Å². The molecule has 1 aromatic heterocycles. The van der Waals surface area contributed by atoms with Gasteiger partial charge in [-0.3, -0.25) is 4.72 Å². The predicted octanol–water partition coefficient (Wildman–Crippen LogP) is 2.47. The van der Waals surface area contributed by atoms with Crippen LogP contribution in [0.1, 0.15) is 24.3 Å². The monoisotopic (exact) mass is 365 g/mol. The number of hydrogen-bond acceptors (Lipinski definition) is 5. The number of nitrogens with zero attached hydrogens (tertiary/aromatic N) is 2. The van der Waals surface area contributed by atoms with Crippen LogP contribution in [0.15, 0.2) is 0 Å². The van der Waals surface area contributed by atoms with Gasteiger partial charge in [-0.15, -0.1) is 11.3 Å². The normalized spacial score (nSPS) is 16.0. The summed E-state index contributed by atoms with van der Waals surface area (Å²) < 4.78 is 27.2. The van der Waals surface area contributed by atoms with Crippen molar-refractivity contribution in [1.29, 1.82) is 0 Å². The van der Waals surface area contributed by atoms with Gasteiger partial charge in [0.1, 0.15) is 5.00 Å². The van der Waals surface area contributed by atoms with Crippen LogP contribution in [-0.4, -0.2) is 57.2 Å². The summed E-state index contributed by atoms with van der Waals surface area (Å²) in [5.41, 5.74) is 1.10. The Morgan fingerprint density at radius 2 is 2.05 bits per heavy atom. The highest BCUT2D eigenvalue weighted by Gasteiger charge is 2.24. The van der Waals surface area contributed by atoms with Gasteiger partial charge in [0, 0.05) is 24.5 Å². The van der Waals surface area contributed by atoms with Crippen LogP contribution >= 0.6 is 22.9 Å². The van der Waals surface area contributed by atoms with E-state index in [1.54, 1.807) is 0 Å². The fraction of sp³-hybridized carbons (Fsp3) is 0.714. The number of rotatable bonds is 7. The van der Waals surface area contributed by atoms with E-state index in [9.17, 15) is 8.42 Å². The summed E-state index contributed by atoms with van der Waals surface area (Å²) in [6.45, 7) is 8.10. The molecule has 0 aliphatic carbocycles. The predicted molar refractivity (Wildman–Crippen MR) is 94.6 cm³/mol. The van der Waals surface area contributed by atoms with E-state index < -0.39 is 10.0 Å². The number of anilines is 1. The SMILES string of the molecule is CCN(CC)CCS(=O)(=O)Nc1sc2c(c1Cl)CCN(C)C2. The van der Waals surface area contributed by atoms with Crippen molar-refractivity contribution in [3.63, 3.8) is 0 Å². The second kappa shape index (κ2) is 7.49. The molecule has 0 aromatic carbocycles. The van der Waals surface area contributed by atoms with E-state index in [4.69, 9.17) is 11.6 Å². The number of thiophene rings is 1. The van der Waals surface area contributed by atoms with Crippen LogP contribution in [0.4, 0.5) is 5.00 Å². The van der Waals surface area contributed by atoms with Gasteiger partial charge in [0.2, 0.25) is 10.0 Å². The molecule has 1 aromatic rings. The lowest BCUT2D eigenvalue weighted by atomic mass is 10.1. The summed E-state index contributed by atoms with van der Waals surface area (Å²) in [4.78, 5) is 5.48. The van der Waals surface area contributed by atoms with E-state index in [0.29, 0.717) is 16.6 Å². The number of sulfonamides is 1. The summed E-state index contributed by atoms with van der Waals surface area (Å²) >= 11 is 7.83. The van der Waals surface area contributed by atoms with Crippen molar-refractivity contribution < 1.29 is 8.42 Å². The van der Waals surface area contributed by atoms with Crippen molar-refractivity contribution in [2.75, 3.05) is 43.7 Å². The minimum atomic E-state index is -3.36. The number of fused-ring (bicyclic) bond motifs is 1. The fourth-order valence-electron chi connectivity index (χ4n) is 2.54. The first kappa shape index (κ1) is 18.0. The Morgan fingerprint density at radius 3 is 2.68 bits per heavy atom. The zero-order valence-corrected chi connectivity index (χ0v) is 15.7. The quantitative estimate of drug-likeness (QED) is 0.806. The molecule has 22 heavy (non-hydrogen) atoms. The Hall–Kier alpha value is -0.340. The van der Waals surface area contributed by atoms with E-state index in [0.717, 1.165) is 38.2 Å². The van der Waals surface area contributed by atoms with Crippen LogP contribution in [0.5, 0.6) is 0 Å². The molecule has 126 valence electrons. The van der Waals surface area contributed by atoms with Crippen molar-refractivity contribution in [3.8, 4) is 0 Å². The van der Waals surface area contributed by atoms with E-state index in [1.165, 1.54) is 16.2 Å². The molecule has 1 N–H and O–H groups in total. The van der Waals surface area contributed by atoms with Gasteiger partial charge in [0.05, 0.1) is 10.8 Å². The van der Waals surface area contributed by atoms with Gasteiger partial charge in [-0.05, 0) is 32.1 Å². The molecule has 0 unspecified atom stereocenters. The highest BCUT2D eigenvalue weighted by atomic mass is 35.5. The third-order valence-electron chi connectivity index (χ3n) is 4.00. The Morgan fingerprint density at radius 1 is 1.36 bits per heavy atom. The van der Waals surface area contributed by atoms with Gasteiger partial charge in [-0.2, -0.15) is 0 Å². The second-order valence-corrected chi connectivity index (χ2v) is 8.91. The highest BCUT2D eigenvalue weighted by molar-refractivity contribution is 7.92. The molecule has 0 fully saturated rings. The van der Waals surface area contributed by atoms with Gasteiger partial charge in [0.15, 0.2) is 0 Å². The first-order chi connectivity index (χ1) is 10.4. The third kappa shape index (κ3) is 4.35. The molecule has 0 spiro atoms. The van der Waals surface area contributed by atoms with Crippen molar-refractivity contribution in [2.24, 2.45) is 0 Å². The standard InChI is InChI=1S/C14H24ClN3O2S2/c1-4-18(5-2)8-9-22(19,20)16-14-13(15)11-6-7-17(3)10-12(11)21-14/h16H,4-10H2,1-3H3. The van der Waals surface area contributed by atoms with Gasteiger partial charge >= 0.3 is 0 Å². The molecule has 5 nitrogen and oxygen atoms in total. The fourth-order valence-corrected chi connectivity index (χ4v) is 5.63. The summed E-state index contributed by atoms with van der Waals surface area (Å²) in [5, 5.41) is 1.15. The van der Waals surface area contributed by atoms with Gasteiger partial charge in [0.25, 0.3) is 0 Å². The molecule has 2 heterocycles. The summed E-state index contributed by atoms with van der Waals surface area (Å²) in [7, 11) is -1.30. The molecule has 0 atom stereocenters. The molecule has 8 heteroatoms. The minimum absolute atomic E-state index is 0.0908. The number of halogens is 1. The van der Waals surface area contributed by atoms with Crippen molar-refractivity contribution in [3.05, 3.63) is 15.5 Å². The Bertz CT molecular complexity index is 612. The van der Waals surface area contributed by atoms with Crippen LogP contribution < -0.4 is 4.72 Å². The molecular formula is C14H24ClN3O2S2. The van der Waals surface area contributed by atoms with Crippen LogP contribution in [-0.2, 0) is 23.0 Å². The minimum Gasteiger partial charge on any atom is -0.303 e. The molecule has 0 radical (unpaired) electrons. The third-order valence-corrected chi connectivity index (χ3v) is 7.03. The first-order valence-electron chi connectivity index (χ1n) is 7.57. The molecule has 0 bridgehead atoms. The zero-order chi connectivity index (χ0) is 16.3. The van der Waals surface area contributed by atoms with Crippen LogP contribution in [0.3, 0.4) is 0 Å². The first-order valence-corrected chi connectivity index (χ1v) is 10.4. The number of likely N-dealkylation sites (N-methyl/N-ethyl adjacent to an activating group) is 1. The van der Waals surface area contributed by atoms with Crippen LogP contribution in [0, 0.1) is 0 Å². The summed E-state index contributed by atoms with van der Waals surface area (Å²) in [6.07, 6.45) is 0.877. The zero-order valence-electron chi connectivity index (χ0n) is 13.4. The lowest BCUT2D eigenvalue weighted by molar-refractivity contribution is 0.317. The average molecular weight is 366 g/mol. The Balaban J connectivity index is 2.07. The lowest BCUT2D eigenvalue weighted by Crippen LogP contribution is -2.31. The van der Waals surface area contributed by atoms with Crippen molar-refractivity contribution in [2.45, 2.75) is 26.8 Å². The smallest absolute Gasteiger partial charge is 0.234 e. The largest absolute Gasteiger partial charge is 0.303 e. The molecule has 1 aliphatic heterocycles. The maximum Gasteiger partial charge on any atom is 0.234 e. The van der Waals surface area contributed by atoms with Crippen molar-refractivity contribution >= 4 is 38.0 Å². The van der Waals surface area contributed by atoms with E-state index >= 15 is 0 Å². The van der Waals surface area contributed by atoms with E-state index in [2.05, 4.69) is 21.6 Å². The maximum atomic E-state index is 12.3. The maximum absolute atomic E-state index is 12.3. The molecule has 1 aliphatic rings. The average Bonchev–Trinajstić information content (AvgIpc) is 2.75. The molecule has 0 saturated carbocycles.